The van der Waals surface area contributed by atoms with Crippen LogP contribution in [0.3, 0.4) is 0 Å². The maximum absolute atomic E-state index is 13.3. The number of likely N-dealkylation sites (tertiary alicyclic amines) is 1. The number of hydrogen-bond acceptors (Lipinski definition) is 7. The van der Waals surface area contributed by atoms with Crippen molar-refractivity contribution < 1.29 is 23.9 Å². The average Bonchev–Trinajstić information content (AvgIpc) is 3.10. The minimum absolute atomic E-state index is 0.00376. The molecule has 2 heterocycles. The molecule has 1 aliphatic heterocycles. The van der Waals surface area contributed by atoms with Crippen molar-refractivity contribution in [3.63, 3.8) is 0 Å². The molecular formula is C23H29BrN4O5. The molecule has 0 saturated carbocycles. The molecule has 9 nitrogen and oxygen atoms in total. The van der Waals surface area contributed by atoms with Gasteiger partial charge in [0.2, 0.25) is 0 Å². The first kappa shape index (κ1) is 24.8. The topological polar surface area (TPSA) is 117 Å². The number of nitrogens with zero attached hydrogens (tertiary/aromatic N) is 3. The van der Waals surface area contributed by atoms with Gasteiger partial charge in [-0.3, -0.25) is 4.79 Å². The number of hydrogen-bond donors (Lipinski definition) is 1. The Morgan fingerprint density at radius 3 is 2.30 bits per heavy atom. The Bertz CT molecular complexity index is 1030. The van der Waals surface area contributed by atoms with Gasteiger partial charge in [-0.25, -0.2) is 14.3 Å². The quantitative estimate of drug-likeness (QED) is 0.463. The Hall–Kier alpha value is -2.88. The highest BCUT2D eigenvalue weighted by Crippen LogP contribution is 2.29. The highest BCUT2D eigenvalue weighted by Gasteiger charge is 2.34. The van der Waals surface area contributed by atoms with Crippen molar-refractivity contribution in [1.29, 1.82) is 0 Å². The fourth-order valence-electron chi connectivity index (χ4n) is 3.62. The van der Waals surface area contributed by atoms with Crippen molar-refractivity contribution in [2.24, 2.45) is 5.92 Å². The van der Waals surface area contributed by atoms with Crippen LogP contribution in [0.5, 0.6) is 0 Å². The number of nitrogen functional groups attached to an aromatic ring is 1. The summed E-state index contributed by atoms with van der Waals surface area (Å²) in [6.45, 7) is 8.08. The van der Waals surface area contributed by atoms with Gasteiger partial charge in [-0.2, -0.15) is 5.10 Å². The minimum atomic E-state index is -0.649. The zero-order valence-electron chi connectivity index (χ0n) is 19.3. The summed E-state index contributed by atoms with van der Waals surface area (Å²) in [5, 5.41) is 4.41. The summed E-state index contributed by atoms with van der Waals surface area (Å²) < 4.78 is 12.8. The molecule has 10 heteroatoms. The number of esters is 1. The van der Waals surface area contributed by atoms with Crippen LogP contribution in [-0.4, -0.2) is 57.8 Å². The van der Waals surface area contributed by atoms with Gasteiger partial charge in [0, 0.05) is 23.5 Å². The van der Waals surface area contributed by atoms with Crippen molar-refractivity contribution >= 4 is 39.5 Å². The van der Waals surface area contributed by atoms with E-state index in [1.54, 1.807) is 36.1 Å². The number of carbonyl (C=O) groups is 3. The van der Waals surface area contributed by atoms with Crippen LogP contribution in [0.15, 0.2) is 28.7 Å². The van der Waals surface area contributed by atoms with Gasteiger partial charge in [0.1, 0.15) is 5.60 Å². The molecule has 1 saturated heterocycles. The smallest absolute Gasteiger partial charge is 0.410 e. The fraction of sp³-hybridized carbons (Fsp3) is 0.478. The number of anilines is 1. The van der Waals surface area contributed by atoms with Gasteiger partial charge in [0.15, 0.2) is 17.2 Å². The van der Waals surface area contributed by atoms with E-state index in [4.69, 9.17) is 15.2 Å². The van der Waals surface area contributed by atoms with Crippen molar-refractivity contribution in [3.8, 4) is 5.69 Å². The molecule has 1 aliphatic rings. The molecule has 1 fully saturated rings. The highest BCUT2D eigenvalue weighted by molar-refractivity contribution is 9.10. The lowest BCUT2D eigenvalue weighted by Crippen LogP contribution is -2.43. The number of ketones is 1. The standard InChI is InChI=1S/C23H29BrN4O5/c1-5-32-21(30)19-17(25)18(26-28(19)16-8-6-15(24)7-9-16)20(29)14-10-12-27(13-11-14)22(31)33-23(2,3)4/h6-9,14H,5,10-13,25H2,1-4H3. The van der Waals surface area contributed by atoms with Crippen molar-refractivity contribution in [2.75, 3.05) is 25.4 Å². The Morgan fingerprint density at radius 1 is 1.15 bits per heavy atom. The molecular weight excluding hydrogens is 492 g/mol. The SMILES string of the molecule is CCOC(=O)c1c(N)c(C(=O)C2CCN(C(=O)OC(C)(C)C)CC2)nn1-c1ccc(Br)cc1. The normalized spacial score (nSPS) is 14.8. The summed E-state index contributed by atoms with van der Waals surface area (Å²) in [5.41, 5.74) is 6.31. The lowest BCUT2D eigenvalue weighted by molar-refractivity contribution is 0.0182. The number of rotatable bonds is 5. The van der Waals surface area contributed by atoms with E-state index in [1.165, 1.54) is 4.68 Å². The van der Waals surface area contributed by atoms with Crippen LogP contribution in [0, 0.1) is 5.92 Å². The molecule has 0 bridgehead atoms. The Kier molecular flexibility index (Phi) is 7.46. The number of ether oxygens (including phenoxy) is 2. The molecule has 1 amide bonds. The summed E-state index contributed by atoms with van der Waals surface area (Å²) in [6, 6.07) is 7.12. The first-order chi connectivity index (χ1) is 15.5. The molecule has 1 aromatic carbocycles. The first-order valence-electron chi connectivity index (χ1n) is 10.9. The second-order valence-corrected chi connectivity index (χ2v) is 9.74. The van der Waals surface area contributed by atoms with Gasteiger partial charge < -0.3 is 20.1 Å². The van der Waals surface area contributed by atoms with Crippen LogP contribution in [0.1, 0.15) is 61.5 Å². The maximum atomic E-state index is 13.3. The number of piperidine rings is 1. The molecule has 1 aromatic heterocycles. The highest BCUT2D eigenvalue weighted by atomic mass is 79.9. The van der Waals surface area contributed by atoms with Gasteiger partial charge in [0.25, 0.3) is 0 Å². The molecule has 0 radical (unpaired) electrons. The van der Waals surface area contributed by atoms with Gasteiger partial charge in [-0.05, 0) is 64.8 Å². The van der Waals surface area contributed by atoms with Crippen LogP contribution in [0.25, 0.3) is 5.69 Å². The number of Topliss-reactive ketones (excluding diaryl/α,β-unsaturated/α-hetero) is 1. The molecule has 0 unspecified atom stereocenters. The zero-order valence-corrected chi connectivity index (χ0v) is 20.8. The molecule has 0 spiro atoms. The lowest BCUT2D eigenvalue weighted by atomic mass is 9.90. The third-order valence-electron chi connectivity index (χ3n) is 5.21. The summed E-state index contributed by atoms with van der Waals surface area (Å²) in [7, 11) is 0. The van der Waals surface area contributed by atoms with Crippen molar-refractivity contribution in [3.05, 3.63) is 40.1 Å². The third kappa shape index (κ3) is 5.73. The summed E-state index contributed by atoms with van der Waals surface area (Å²) in [4.78, 5) is 39.8. The predicted molar refractivity (Wildman–Crippen MR) is 126 cm³/mol. The predicted octanol–water partition coefficient (Wildman–Crippen LogP) is 4.22. The number of amides is 1. The maximum Gasteiger partial charge on any atom is 0.410 e. The lowest BCUT2D eigenvalue weighted by Gasteiger charge is -2.32. The van der Waals surface area contributed by atoms with Gasteiger partial charge >= 0.3 is 12.1 Å². The fourth-order valence-corrected chi connectivity index (χ4v) is 3.89. The summed E-state index contributed by atoms with van der Waals surface area (Å²) >= 11 is 3.38. The molecule has 2 N–H and O–H groups in total. The van der Waals surface area contributed by atoms with Crippen LogP contribution in [-0.2, 0) is 9.47 Å². The number of carbonyl (C=O) groups excluding carboxylic acids is 3. The molecule has 2 aromatic rings. The monoisotopic (exact) mass is 520 g/mol. The van der Waals surface area contributed by atoms with E-state index >= 15 is 0 Å². The van der Waals surface area contributed by atoms with Crippen LogP contribution < -0.4 is 5.73 Å². The van der Waals surface area contributed by atoms with Gasteiger partial charge in [-0.1, -0.05) is 15.9 Å². The minimum Gasteiger partial charge on any atom is -0.461 e. The Labute approximate surface area is 201 Å². The largest absolute Gasteiger partial charge is 0.461 e. The second-order valence-electron chi connectivity index (χ2n) is 8.83. The number of nitrogens with two attached hydrogens (primary N) is 1. The van der Waals surface area contributed by atoms with E-state index in [-0.39, 0.29) is 35.4 Å². The van der Waals surface area contributed by atoms with E-state index in [0.29, 0.717) is 31.6 Å². The summed E-state index contributed by atoms with van der Waals surface area (Å²) in [5.74, 6) is -1.27. The molecule has 0 atom stereocenters. The van der Waals surface area contributed by atoms with E-state index in [2.05, 4.69) is 21.0 Å². The number of aromatic nitrogens is 2. The van der Waals surface area contributed by atoms with Crippen molar-refractivity contribution in [2.45, 2.75) is 46.1 Å². The van der Waals surface area contributed by atoms with Crippen LogP contribution in [0.4, 0.5) is 10.5 Å². The third-order valence-corrected chi connectivity index (χ3v) is 5.74. The van der Waals surface area contributed by atoms with E-state index in [0.717, 1.165) is 4.47 Å². The van der Waals surface area contributed by atoms with Crippen molar-refractivity contribution in [1.82, 2.24) is 14.7 Å². The average molecular weight is 521 g/mol. The van der Waals surface area contributed by atoms with Crippen LogP contribution >= 0.6 is 15.9 Å². The number of benzene rings is 1. The van der Waals surface area contributed by atoms with Gasteiger partial charge in [0.05, 0.1) is 18.0 Å². The Balaban J connectivity index is 1.84. The van der Waals surface area contributed by atoms with E-state index in [9.17, 15) is 14.4 Å². The zero-order chi connectivity index (χ0) is 24.3. The second kappa shape index (κ2) is 9.94. The van der Waals surface area contributed by atoms with E-state index in [1.807, 2.05) is 20.8 Å². The molecule has 178 valence electrons. The molecule has 33 heavy (non-hydrogen) atoms. The molecule has 3 rings (SSSR count). The first-order valence-corrected chi connectivity index (χ1v) is 11.6. The Morgan fingerprint density at radius 2 is 1.76 bits per heavy atom. The molecule has 0 aliphatic carbocycles. The van der Waals surface area contributed by atoms with Gasteiger partial charge in [-0.15, -0.1) is 0 Å². The summed E-state index contributed by atoms with van der Waals surface area (Å²) in [6.07, 6.45) is 0.520. The van der Waals surface area contributed by atoms with E-state index < -0.39 is 17.7 Å². The van der Waals surface area contributed by atoms with Crippen LogP contribution in [0.2, 0.25) is 0 Å². The number of halogens is 1.